The van der Waals surface area contributed by atoms with E-state index in [-0.39, 0.29) is 12.5 Å². The number of nitrogens with one attached hydrogen (secondary N) is 3. The van der Waals surface area contributed by atoms with Crippen LogP contribution in [0.15, 0.2) is 24.3 Å². The standard InChI is InChI=1S/C15H19N3O5/c1-22-13(19)9-17-14(20)10-2-4-11(5-3-10)18-15(21)12-8-16-6-7-23-12/h2-5,12,16H,6-9H2,1H3,(H,17,20)(H,18,21). The second-order valence-corrected chi connectivity index (χ2v) is 4.89. The highest BCUT2D eigenvalue weighted by Crippen LogP contribution is 2.11. The maximum Gasteiger partial charge on any atom is 0.325 e. The van der Waals surface area contributed by atoms with Crippen LogP contribution in [0.3, 0.4) is 0 Å². The topological polar surface area (TPSA) is 106 Å². The number of esters is 1. The van der Waals surface area contributed by atoms with Crippen molar-refractivity contribution in [2.24, 2.45) is 0 Å². The molecule has 3 N–H and O–H groups in total. The molecule has 0 bridgehead atoms. The van der Waals surface area contributed by atoms with Crippen molar-refractivity contribution in [2.45, 2.75) is 6.10 Å². The minimum absolute atomic E-state index is 0.195. The van der Waals surface area contributed by atoms with Crippen LogP contribution in [0.25, 0.3) is 0 Å². The van der Waals surface area contributed by atoms with Crippen LogP contribution in [0, 0.1) is 0 Å². The van der Waals surface area contributed by atoms with E-state index < -0.39 is 18.0 Å². The highest BCUT2D eigenvalue weighted by atomic mass is 16.5. The number of anilines is 1. The lowest BCUT2D eigenvalue weighted by Crippen LogP contribution is -2.45. The van der Waals surface area contributed by atoms with Gasteiger partial charge >= 0.3 is 5.97 Å². The SMILES string of the molecule is COC(=O)CNC(=O)c1ccc(NC(=O)C2CNCCO2)cc1. The summed E-state index contributed by atoms with van der Waals surface area (Å²) in [6.07, 6.45) is -0.521. The molecule has 23 heavy (non-hydrogen) atoms. The van der Waals surface area contributed by atoms with Crippen molar-refractivity contribution in [3.8, 4) is 0 Å². The minimum atomic E-state index is -0.525. The lowest BCUT2D eigenvalue weighted by Gasteiger charge is -2.22. The largest absolute Gasteiger partial charge is 0.468 e. The van der Waals surface area contributed by atoms with Gasteiger partial charge in [-0.25, -0.2) is 0 Å². The van der Waals surface area contributed by atoms with Gasteiger partial charge in [-0.05, 0) is 24.3 Å². The minimum Gasteiger partial charge on any atom is -0.468 e. The first-order valence-corrected chi connectivity index (χ1v) is 7.18. The van der Waals surface area contributed by atoms with Crippen molar-refractivity contribution in [3.05, 3.63) is 29.8 Å². The van der Waals surface area contributed by atoms with Crippen LogP contribution in [-0.2, 0) is 19.1 Å². The molecule has 1 aromatic carbocycles. The molecule has 124 valence electrons. The highest BCUT2D eigenvalue weighted by Gasteiger charge is 2.21. The molecule has 1 atom stereocenters. The Hall–Kier alpha value is -2.45. The zero-order valence-electron chi connectivity index (χ0n) is 12.8. The second kappa shape index (κ2) is 8.25. The van der Waals surface area contributed by atoms with Crippen LogP contribution in [0.4, 0.5) is 5.69 Å². The first kappa shape index (κ1) is 16.9. The van der Waals surface area contributed by atoms with Gasteiger partial charge in [0.05, 0.1) is 13.7 Å². The number of carbonyl (C=O) groups is 3. The zero-order valence-corrected chi connectivity index (χ0v) is 12.8. The lowest BCUT2D eigenvalue weighted by atomic mass is 10.2. The second-order valence-electron chi connectivity index (χ2n) is 4.89. The summed E-state index contributed by atoms with van der Waals surface area (Å²) in [5.74, 6) is -1.16. The maximum atomic E-state index is 12.0. The fourth-order valence-electron chi connectivity index (χ4n) is 1.99. The fourth-order valence-corrected chi connectivity index (χ4v) is 1.99. The quantitative estimate of drug-likeness (QED) is 0.632. The summed E-state index contributed by atoms with van der Waals surface area (Å²) in [5, 5.41) is 8.24. The van der Waals surface area contributed by atoms with Crippen LogP contribution in [0.5, 0.6) is 0 Å². The molecule has 0 saturated carbocycles. The summed E-state index contributed by atoms with van der Waals surface area (Å²) in [7, 11) is 1.25. The molecule has 1 aromatic rings. The van der Waals surface area contributed by atoms with E-state index in [2.05, 4.69) is 20.7 Å². The molecule has 1 unspecified atom stereocenters. The third kappa shape index (κ3) is 5.04. The highest BCUT2D eigenvalue weighted by molar-refractivity contribution is 5.97. The van der Waals surface area contributed by atoms with Crippen LogP contribution in [-0.4, -0.2) is 57.2 Å². The Kier molecular flexibility index (Phi) is 6.07. The number of morpholine rings is 1. The van der Waals surface area contributed by atoms with Crippen molar-refractivity contribution in [1.82, 2.24) is 10.6 Å². The number of rotatable bonds is 5. The fraction of sp³-hybridized carbons (Fsp3) is 0.400. The van der Waals surface area contributed by atoms with E-state index >= 15 is 0 Å². The Labute approximate surface area is 133 Å². The third-order valence-corrected chi connectivity index (χ3v) is 3.26. The molecule has 1 fully saturated rings. The van der Waals surface area contributed by atoms with E-state index in [4.69, 9.17) is 4.74 Å². The van der Waals surface area contributed by atoms with Gasteiger partial charge in [0.25, 0.3) is 11.8 Å². The van der Waals surface area contributed by atoms with Crippen LogP contribution < -0.4 is 16.0 Å². The number of hydrogen-bond acceptors (Lipinski definition) is 6. The summed E-state index contributed by atoms with van der Waals surface area (Å²) in [5.41, 5.74) is 0.941. The van der Waals surface area contributed by atoms with Crippen LogP contribution in [0.2, 0.25) is 0 Å². The molecule has 2 amide bonds. The van der Waals surface area contributed by atoms with Crippen LogP contribution in [0.1, 0.15) is 10.4 Å². The van der Waals surface area contributed by atoms with E-state index in [0.717, 1.165) is 6.54 Å². The number of ether oxygens (including phenoxy) is 2. The molecule has 0 spiro atoms. The lowest BCUT2D eigenvalue weighted by molar-refractivity contribution is -0.139. The number of hydrogen-bond donors (Lipinski definition) is 3. The van der Waals surface area contributed by atoms with E-state index in [9.17, 15) is 14.4 Å². The number of carbonyl (C=O) groups excluding carboxylic acids is 3. The Morgan fingerprint density at radius 3 is 2.65 bits per heavy atom. The normalized spacial score (nSPS) is 17.2. The molecule has 2 rings (SSSR count). The Morgan fingerprint density at radius 2 is 2.04 bits per heavy atom. The zero-order chi connectivity index (χ0) is 16.7. The Morgan fingerprint density at radius 1 is 1.30 bits per heavy atom. The van der Waals surface area contributed by atoms with Gasteiger partial charge in [0.15, 0.2) is 0 Å². The smallest absolute Gasteiger partial charge is 0.325 e. The summed E-state index contributed by atoms with van der Waals surface area (Å²) >= 11 is 0. The molecule has 1 aliphatic heterocycles. The Bertz CT molecular complexity index is 567. The van der Waals surface area contributed by atoms with E-state index in [1.54, 1.807) is 24.3 Å². The van der Waals surface area contributed by atoms with Gasteiger partial charge in [-0.1, -0.05) is 0 Å². The number of benzene rings is 1. The average molecular weight is 321 g/mol. The summed E-state index contributed by atoms with van der Waals surface area (Å²) in [6.45, 7) is 1.51. The molecule has 1 aliphatic rings. The van der Waals surface area contributed by atoms with Crippen molar-refractivity contribution in [1.29, 1.82) is 0 Å². The summed E-state index contributed by atoms with van der Waals surface area (Å²) < 4.78 is 9.80. The van der Waals surface area contributed by atoms with Gasteiger partial charge in [-0.15, -0.1) is 0 Å². The van der Waals surface area contributed by atoms with Gasteiger partial charge < -0.3 is 25.4 Å². The van der Waals surface area contributed by atoms with Gasteiger partial charge in [0, 0.05) is 24.3 Å². The summed E-state index contributed by atoms with van der Waals surface area (Å²) in [6, 6.07) is 6.34. The van der Waals surface area contributed by atoms with Gasteiger partial charge in [0.1, 0.15) is 12.6 Å². The number of amides is 2. The maximum absolute atomic E-state index is 12.0. The molecule has 8 nitrogen and oxygen atoms in total. The predicted molar refractivity (Wildman–Crippen MR) is 82.0 cm³/mol. The molecule has 8 heteroatoms. The van der Waals surface area contributed by atoms with Gasteiger partial charge in [-0.3, -0.25) is 14.4 Å². The molecular weight excluding hydrogens is 302 g/mol. The molecular formula is C15H19N3O5. The molecule has 1 saturated heterocycles. The number of methoxy groups -OCH3 is 1. The van der Waals surface area contributed by atoms with Crippen molar-refractivity contribution in [2.75, 3.05) is 38.7 Å². The van der Waals surface area contributed by atoms with Gasteiger partial charge in [0.2, 0.25) is 0 Å². The summed E-state index contributed by atoms with van der Waals surface area (Å²) in [4.78, 5) is 34.8. The first-order valence-electron chi connectivity index (χ1n) is 7.18. The van der Waals surface area contributed by atoms with E-state index in [0.29, 0.717) is 24.4 Å². The molecule has 0 aliphatic carbocycles. The molecule has 0 aromatic heterocycles. The van der Waals surface area contributed by atoms with Crippen molar-refractivity contribution in [3.63, 3.8) is 0 Å². The van der Waals surface area contributed by atoms with E-state index in [1.807, 2.05) is 0 Å². The van der Waals surface area contributed by atoms with Gasteiger partial charge in [-0.2, -0.15) is 0 Å². The van der Waals surface area contributed by atoms with Crippen LogP contribution >= 0.6 is 0 Å². The Balaban J connectivity index is 1.87. The monoisotopic (exact) mass is 321 g/mol. The average Bonchev–Trinajstić information content (AvgIpc) is 2.60. The van der Waals surface area contributed by atoms with Crippen molar-refractivity contribution >= 4 is 23.5 Å². The van der Waals surface area contributed by atoms with E-state index in [1.165, 1.54) is 7.11 Å². The third-order valence-electron chi connectivity index (χ3n) is 3.26. The van der Waals surface area contributed by atoms with Crippen molar-refractivity contribution < 1.29 is 23.9 Å². The molecule has 0 radical (unpaired) electrons. The molecule has 1 heterocycles. The predicted octanol–water partition coefficient (Wildman–Crippen LogP) is -0.484. The first-order chi connectivity index (χ1) is 11.1.